The molecule has 0 atom stereocenters. The fourth-order valence-corrected chi connectivity index (χ4v) is 1.36. The van der Waals surface area contributed by atoms with E-state index in [2.05, 4.69) is 5.16 Å². The molecule has 0 saturated heterocycles. The highest BCUT2D eigenvalue weighted by atomic mass is 16.5. The predicted octanol–water partition coefficient (Wildman–Crippen LogP) is 2.13. The van der Waals surface area contributed by atoms with Gasteiger partial charge in [-0.05, 0) is 0 Å². The van der Waals surface area contributed by atoms with Crippen LogP contribution in [0.15, 0.2) is 34.9 Å². The van der Waals surface area contributed by atoms with Crippen LogP contribution < -0.4 is 5.73 Å². The Bertz CT molecular complexity index is 489. The Hall–Kier alpha value is -2.10. The number of nitrogen functional groups attached to an aromatic ring is 1. The van der Waals surface area contributed by atoms with Crippen molar-refractivity contribution in [2.24, 2.45) is 0 Å². The Balaban J connectivity index is 2.52. The highest BCUT2D eigenvalue weighted by Gasteiger charge is 2.17. The summed E-state index contributed by atoms with van der Waals surface area (Å²) in [6.07, 6.45) is 0. The molecule has 0 bridgehead atoms. The van der Waals surface area contributed by atoms with Crippen LogP contribution in [0.3, 0.4) is 0 Å². The summed E-state index contributed by atoms with van der Waals surface area (Å²) in [6, 6.07) is 9.36. The third-order valence-corrected chi connectivity index (χ3v) is 2.09. The summed E-state index contributed by atoms with van der Waals surface area (Å²) in [7, 11) is 0. The lowest BCUT2D eigenvalue weighted by atomic mass is 10.1. The van der Waals surface area contributed by atoms with Crippen LogP contribution >= 0.6 is 0 Å². The second-order valence-electron chi connectivity index (χ2n) is 3.20. The summed E-state index contributed by atoms with van der Waals surface area (Å²) in [6.45, 7) is 1.39. The van der Waals surface area contributed by atoms with Gasteiger partial charge in [0.2, 0.25) is 5.76 Å². The van der Waals surface area contributed by atoms with Crippen LogP contribution in [-0.2, 0) is 0 Å². The van der Waals surface area contributed by atoms with E-state index in [0.717, 1.165) is 5.56 Å². The van der Waals surface area contributed by atoms with E-state index in [1.54, 1.807) is 0 Å². The molecule has 0 saturated carbocycles. The molecule has 2 rings (SSSR count). The van der Waals surface area contributed by atoms with Gasteiger partial charge in [-0.15, -0.1) is 0 Å². The molecule has 0 amide bonds. The molecule has 2 aromatic rings. The Morgan fingerprint density at radius 1 is 1.33 bits per heavy atom. The third kappa shape index (κ3) is 1.61. The Labute approximate surface area is 86.7 Å². The molecule has 0 fully saturated rings. The molecular formula is C11H10N2O2. The maximum Gasteiger partial charge on any atom is 0.225 e. The van der Waals surface area contributed by atoms with E-state index in [1.807, 2.05) is 30.3 Å². The standard InChI is InChI=1S/C11H10N2O2/c1-7(14)11-9(12)10(13-15-11)8-5-3-2-4-6-8/h2-6H,12H2,1H3. The van der Waals surface area contributed by atoms with Gasteiger partial charge in [-0.25, -0.2) is 0 Å². The Morgan fingerprint density at radius 3 is 2.53 bits per heavy atom. The SMILES string of the molecule is CC(=O)c1onc(-c2ccccc2)c1N. The van der Waals surface area contributed by atoms with Crippen molar-refractivity contribution >= 4 is 11.5 Å². The molecule has 0 aliphatic rings. The van der Waals surface area contributed by atoms with Crippen molar-refractivity contribution in [2.75, 3.05) is 5.73 Å². The van der Waals surface area contributed by atoms with Gasteiger partial charge < -0.3 is 10.3 Å². The first kappa shape index (κ1) is 9.45. The highest BCUT2D eigenvalue weighted by molar-refractivity contribution is 5.99. The maximum atomic E-state index is 11.1. The van der Waals surface area contributed by atoms with Crippen LogP contribution in [0.2, 0.25) is 0 Å². The molecule has 0 spiro atoms. The lowest BCUT2D eigenvalue weighted by Gasteiger charge is -1.95. The van der Waals surface area contributed by atoms with E-state index < -0.39 is 0 Å². The summed E-state index contributed by atoms with van der Waals surface area (Å²) in [4.78, 5) is 11.1. The normalized spacial score (nSPS) is 10.2. The van der Waals surface area contributed by atoms with Gasteiger partial charge in [0.15, 0.2) is 5.78 Å². The van der Waals surface area contributed by atoms with Crippen LogP contribution in [-0.4, -0.2) is 10.9 Å². The molecule has 4 nitrogen and oxygen atoms in total. The number of carbonyl (C=O) groups excluding carboxylic acids is 1. The molecule has 1 heterocycles. The number of carbonyl (C=O) groups is 1. The van der Waals surface area contributed by atoms with E-state index in [-0.39, 0.29) is 11.5 Å². The number of rotatable bonds is 2. The van der Waals surface area contributed by atoms with Crippen LogP contribution in [0.5, 0.6) is 0 Å². The van der Waals surface area contributed by atoms with Gasteiger partial charge in [0.25, 0.3) is 0 Å². The summed E-state index contributed by atoms with van der Waals surface area (Å²) >= 11 is 0. The molecule has 2 N–H and O–H groups in total. The van der Waals surface area contributed by atoms with Gasteiger partial charge in [0.1, 0.15) is 11.4 Å². The lowest BCUT2D eigenvalue weighted by molar-refractivity contribution is 0.0979. The molecule has 4 heteroatoms. The number of ketones is 1. The van der Waals surface area contributed by atoms with Crippen molar-refractivity contribution in [3.05, 3.63) is 36.1 Å². The minimum absolute atomic E-state index is 0.119. The number of benzene rings is 1. The van der Waals surface area contributed by atoms with Crippen molar-refractivity contribution < 1.29 is 9.32 Å². The second kappa shape index (κ2) is 3.57. The van der Waals surface area contributed by atoms with E-state index in [1.165, 1.54) is 6.92 Å². The van der Waals surface area contributed by atoms with Crippen molar-refractivity contribution in [1.29, 1.82) is 0 Å². The molecule has 76 valence electrons. The minimum atomic E-state index is -0.220. The molecular weight excluding hydrogens is 192 g/mol. The fourth-order valence-electron chi connectivity index (χ4n) is 1.36. The number of aromatic nitrogens is 1. The molecule has 15 heavy (non-hydrogen) atoms. The monoisotopic (exact) mass is 202 g/mol. The molecule has 1 aromatic carbocycles. The van der Waals surface area contributed by atoms with Gasteiger partial charge in [-0.3, -0.25) is 4.79 Å². The maximum absolute atomic E-state index is 11.1. The average molecular weight is 202 g/mol. The number of nitrogens with zero attached hydrogens (tertiary/aromatic N) is 1. The zero-order valence-corrected chi connectivity index (χ0v) is 8.23. The van der Waals surface area contributed by atoms with Crippen molar-refractivity contribution in [2.45, 2.75) is 6.92 Å². The van der Waals surface area contributed by atoms with Crippen molar-refractivity contribution in [1.82, 2.24) is 5.16 Å². The average Bonchev–Trinajstić information content (AvgIpc) is 2.61. The lowest BCUT2D eigenvalue weighted by Crippen LogP contribution is -1.96. The molecule has 1 aromatic heterocycles. The first-order valence-corrected chi connectivity index (χ1v) is 4.51. The van der Waals surface area contributed by atoms with Crippen molar-refractivity contribution in [3.8, 4) is 11.3 Å². The van der Waals surface area contributed by atoms with Crippen LogP contribution in [0.25, 0.3) is 11.3 Å². The third-order valence-electron chi connectivity index (χ3n) is 2.09. The number of nitrogens with two attached hydrogens (primary N) is 1. The first-order chi connectivity index (χ1) is 7.20. The van der Waals surface area contributed by atoms with E-state index in [4.69, 9.17) is 10.3 Å². The second-order valence-corrected chi connectivity index (χ2v) is 3.20. The minimum Gasteiger partial charge on any atom is -0.394 e. The van der Waals surface area contributed by atoms with Gasteiger partial charge >= 0.3 is 0 Å². The van der Waals surface area contributed by atoms with Crippen LogP contribution in [0, 0.1) is 0 Å². The zero-order chi connectivity index (χ0) is 10.8. The number of anilines is 1. The Kier molecular flexibility index (Phi) is 2.25. The molecule has 0 aliphatic carbocycles. The summed E-state index contributed by atoms with van der Waals surface area (Å²) in [5, 5.41) is 3.79. The smallest absolute Gasteiger partial charge is 0.225 e. The van der Waals surface area contributed by atoms with Gasteiger partial charge in [0.05, 0.1) is 0 Å². The zero-order valence-electron chi connectivity index (χ0n) is 8.23. The topological polar surface area (TPSA) is 69.1 Å². The molecule has 0 radical (unpaired) electrons. The number of hydrogen-bond donors (Lipinski definition) is 1. The Morgan fingerprint density at radius 2 is 2.00 bits per heavy atom. The van der Waals surface area contributed by atoms with E-state index in [0.29, 0.717) is 11.4 Å². The van der Waals surface area contributed by atoms with Crippen molar-refractivity contribution in [3.63, 3.8) is 0 Å². The largest absolute Gasteiger partial charge is 0.394 e. The van der Waals surface area contributed by atoms with Gasteiger partial charge in [-0.2, -0.15) is 0 Å². The summed E-state index contributed by atoms with van der Waals surface area (Å²) in [5.41, 5.74) is 7.41. The fraction of sp³-hybridized carbons (Fsp3) is 0.0909. The van der Waals surface area contributed by atoms with E-state index in [9.17, 15) is 4.79 Å². The van der Waals surface area contributed by atoms with E-state index >= 15 is 0 Å². The molecule has 0 unspecified atom stereocenters. The number of Topliss-reactive ketones (excluding diaryl/α,β-unsaturated/α-hetero) is 1. The van der Waals surface area contributed by atoms with Gasteiger partial charge in [-0.1, -0.05) is 35.5 Å². The predicted molar refractivity (Wildman–Crippen MR) is 56.4 cm³/mol. The van der Waals surface area contributed by atoms with Crippen LogP contribution in [0.4, 0.5) is 5.69 Å². The molecule has 0 aliphatic heterocycles. The first-order valence-electron chi connectivity index (χ1n) is 4.51. The highest BCUT2D eigenvalue weighted by Crippen LogP contribution is 2.27. The van der Waals surface area contributed by atoms with Crippen LogP contribution in [0.1, 0.15) is 17.5 Å². The summed E-state index contributed by atoms with van der Waals surface area (Å²) in [5.74, 6) is -0.101. The summed E-state index contributed by atoms with van der Waals surface area (Å²) < 4.78 is 4.89. The quantitative estimate of drug-likeness (QED) is 0.757. The number of hydrogen-bond acceptors (Lipinski definition) is 4. The van der Waals surface area contributed by atoms with Gasteiger partial charge in [0, 0.05) is 12.5 Å².